The number of ether oxygens (including phenoxy) is 1. The highest BCUT2D eigenvalue weighted by atomic mass is 16.5. The Hall–Kier alpha value is -2.86. The third-order valence-corrected chi connectivity index (χ3v) is 2.14. The lowest BCUT2D eigenvalue weighted by atomic mass is 10.0. The largest absolute Gasteiger partial charge is 0.372 e. The van der Waals surface area contributed by atoms with Crippen LogP contribution in [0.1, 0.15) is 0 Å². The zero-order valence-corrected chi connectivity index (χ0v) is 9.42. The first-order valence-corrected chi connectivity index (χ1v) is 5.03. The third-order valence-electron chi connectivity index (χ3n) is 2.14. The molecule has 0 radical (unpaired) electrons. The molecule has 86 valence electrons. The first-order chi connectivity index (χ1) is 8.73. The zero-order chi connectivity index (χ0) is 13.4. The Bertz CT molecular complexity index is 554. The average Bonchev–Trinajstić information content (AvgIpc) is 2.42. The standard InChI is InChI=1S/C13H8N4O/c14-4-12(5-15)2-10-1-11(9-18-8-10)3-13(6-16)7-17/h1-3,12H,8-9H2/b10-2-. The van der Waals surface area contributed by atoms with Gasteiger partial charge in [-0.05, 0) is 23.3 Å². The fraction of sp³-hybridized carbons (Fsp3) is 0.231. The second-order valence-electron chi connectivity index (χ2n) is 3.47. The predicted octanol–water partition coefficient (Wildman–Crippen LogP) is 1.51. The highest BCUT2D eigenvalue weighted by Gasteiger charge is 2.09. The lowest BCUT2D eigenvalue weighted by Gasteiger charge is -2.13. The number of hydrogen-bond acceptors (Lipinski definition) is 5. The summed E-state index contributed by atoms with van der Waals surface area (Å²) in [5.41, 5.74) is 1.35. The van der Waals surface area contributed by atoms with Gasteiger partial charge in [0.15, 0.2) is 5.92 Å². The van der Waals surface area contributed by atoms with E-state index >= 15 is 0 Å². The van der Waals surface area contributed by atoms with Gasteiger partial charge in [-0.2, -0.15) is 21.0 Å². The predicted molar refractivity (Wildman–Crippen MR) is 61.0 cm³/mol. The molecule has 1 rings (SSSR count). The Morgan fingerprint density at radius 1 is 1.17 bits per heavy atom. The summed E-state index contributed by atoms with van der Waals surface area (Å²) in [6.07, 6.45) is 4.66. The van der Waals surface area contributed by atoms with E-state index in [1.165, 1.54) is 12.2 Å². The first kappa shape index (κ1) is 13.2. The van der Waals surface area contributed by atoms with Crippen LogP contribution < -0.4 is 0 Å². The summed E-state index contributed by atoms with van der Waals surface area (Å²) in [6.45, 7) is 0.611. The highest BCUT2D eigenvalue weighted by Crippen LogP contribution is 2.15. The van der Waals surface area contributed by atoms with E-state index in [-0.39, 0.29) is 5.57 Å². The molecule has 0 spiro atoms. The maximum absolute atomic E-state index is 8.67. The fourth-order valence-electron chi connectivity index (χ4n) is 1.38. The molecular formula is C13H8N4O. The van der Waals surface area contributed by atoms with E-state index in [0.29, 0.717) is 24.4 Å². The van der Waals surface area contributed by atoms with E-state index < -0.39 is 5.92 Å². The van der Waals surface area contributed by atoms with Crippen LogP contribution in [0.3, 0.4) is 0 Å². The third kappa shape index (κ3) is 3.62. The Morgan fingerprint density at radius 2 is 1.83 bits per heavy atom. The van der Waals surface area contributed by atoms with Crippen molar-refractivity contribution >= 4 is 0 Å². The smallest absolute Gasteiger partial charge is 0.152 e. The minimum atomic E-state index is -0.824. The molecule has 5 heteroatoms. The monoisotopic (exact) mass is 236 g/mol. The van der Waals surface area contributed by atoms with Gasteiger partial charge in [0, 0.05) is 0 Å². The van der Waals surface area contributed by atoms with Gasteiger partial charge in [0.2, 0.25) is 0 Å². The molecule has 18 heavy (non-hydrogen) atoms. The number of rotatable bonds is 2. The molecular weight excluding hydrogens is 228 g/mol. The van der Waals surface area contributed by atoms with Crippen LogP contribution >= 0.6 is 0 Å². The van der Waals surface area contributed by atoms with Crippen molar-refractivity contribution in [2.75, 3.05) is 13.2 Å². The topological polar surface area (TPSA) is 104 Å². The molecule has 0 unspecified atom stereocenters. The normalized spacial score (nSPS) is 15.8. The molecule has 0 amide bonds. The number of nitriles is 4. The van der Waals surface area contributed by atoms with Crippen molar-refractivity contribution in [3.05, 3.63) is 34.9 Å². The Balaban J connectivity index is 3.00. The molecule has 0 saturated carbocycles. The highest BCUT2D eigenvalue weighted by molar-refractivity contribution is 5.44. The van der Waals surface area contributed by atoms with Crippen LogP contribution in [0.5, 0.6) is 0 Å². The molecule has 0 atom stereocenters. The number of allylic oxidation sites excluding steroid dienone is 2. The van der Waals surface area contributed by atoms with Gasteiger partial charge in [-0.1, -0.05) is 6.08 Å². The van der Waals surface area contributed by atoms with Crippen LogP contribution in [0, 0.1) is 51.2 Å². The molecule has 1 heterocycles. The van der Waals surface area contributed by atoms with E-state index in [9.17, 15) is 0 Å². The molecule has 0 fully saturated rings. The summed E-state index contributed by atoms with van der Waals surface area (Å²) >= 11 is 0. The molecule has 0 aromatic rings. The maximum atomic E-state index is 8.67. The summed E-state index contributed by atoms with van der Waals surface area (Å²) in [4.78, 5) is 0. The minimum Gasteiger partial charge on any atom is -0.372 e. The van der Waals surface area contributed by atoms with E-state index in [2.05, 4.69) is 0 Å². The minimum absolute atomic E-state index is 0.0109. The van der Waals surface area contributed by atoms with E-state index in [0.717, 1.165) is 0 Å². The Morgan fingerprint density at radius 3 is 2.39 bits per heavy atom. The van der Waals surface area contributed by atoms with E-state index in [4.69, 9.17) is 25.8 Å². The molecule has 1 aliphatic heterocycles. The number of nitrogens with zero attached hydrogens (tertiary/aromatic N) is 4. The zero-order valence-electron chi connectivity index (χ0n) is 9.42. The van der Waals surface area contributed by atoms with Gasteiger partial charge in [0.05, 0.1) is 25.4 Å². The quantitative estimate of drug-likeness (QED) is 0.675. The summed E-state index contributed by atoms with van der Waals surface area (Å²) in [5, 5.41) is 34.6. The molecule has 0 aromatic carbocycles. The van der Waals surface area contributed by atoms with Gasteiger partial charge in [-0.15, -0.1) is 0 Å². The van der Waals surface area contributed by atoms with Crippen molar-refractivity contribution in [2.24, 2.45) is 5.92 Å². The molecule has 5 nitrogen and oxygen atoms in total. The number of hydrogen-bond donors (Lipinski definition) is 0. The van der Waals surface area contributed by atoms with Gasteiger partial charge in [0.25, 0.3) is 0 Å². The van der Waals surface area contributed by atoms with Crippen molar-refractivity contribution in [1.29, 1.82) is 21.0 Å². The molecule has 0 aromatic heterocycles. The lowest BCUT2D eigenvalue weighted by molar-refractivity contribution is 0.176. The maximum Gasteiger partial charge on any atom is 0.152 e. The molecule has 0 bridgehead atoms. The summed E-state index contributed by atoms with van der Waals surface area (Å²) in [5.74, 6) is -0.824. The van der Waals surface area contributed by atoms with Crippen molar-refractivity contribution in [3.63, 3.8) is 0 Å². The van der Waals surface area contributed by atoms with E-state index in [1.807, 2.05) is 12.1 Å². The van der Waals surface area contributed by atoms with Gasteiger partial charge in [-0.25, -0.2) is 0 Å². The van der Waals surface area contributed by atoms with Crippen LogP contribution in [0.15, 0.2) is 34.9 Å². The fourth-order valence-corrected chi connectivity index (χ4v) is 1.38. The Labute approximate surface area is 105 Å². The van der Waals surface area contributed by atoms with Crippen molar-refractivity contribution in [2.45, 2.75) is 0 Å². The van der Waals surface area contributed by atoms with Gasteiger partial charge < -0.3 is 4.74 Å². The Kier molecular flexibility index (Phi) is 4.89. The van der Waals surface area contributed by atoms with Crippen LogP contribution in [-0.4, -0.2) is 13.2 Å². The summed E-state index contributed by atoms with van der Waals surface area (Å²) < 4.78 is 5.26. The SMILES string of the molecule is N#CC(C#N)=CC1=C/C(=C/C(C#N)C#N)COC1. The second kappa shape index (κ2) is 6.66. The average molecular weight is 236 g/mol. The second-order valence-corrected chi connectivity index (χ2v) is 3.47. The van der Waals surface area contributed by atoms with Crippen molar-refractivity contribution < 1.29 is 4.74 Å². The van der Waals surface area contributed by atoms with Crippen molar-refractivity contribution in [1.82, 2.24) is 0 Å². The van der Waals surface area contributed by atoms with Crippen LogP contribution in [-0.2, 0) is 4.74 Å². The molecule has 0 saturated heterocycles. The van der Waals surface area contributed by atoms with Crippen LogP contribution in [0.25, 0.3) is 0 Å². The molecule has 0 aliphatic carbocycles. The first-order valence-electron chi connectivity index (χ1n) is 5.03. The van der Waals surface area contributed by atoms with E-state index in [1.54, 1.807) is 18.2 Å². The van der Waals surface area contributed by atoms with Crippen LogP contribution in [0.2, 0.25) is 0 Å². The summed E-state index contributed by atoms with van der Waals surface area (Å²) in [7, 11) is 0. The van der Waals surface area contributed by atoms with Gasteiger partial charge in [-0.3, -0.25) is 0 Å². The van der Waals surface area contributed by atoms with Crippen LogP contribution in [0.4, 0.5) is 0 Å². The molecule has 0 N–H and O–H groups in total. The van der Waals surface area contributed by atoms with Gasteiger partial charge >= 0.3 is 0 Å². The summed E-state index contributed by atoms with van der Waals surface area (Å²) in [6, 6.07) is 7.18. The molecule has 1 aliphatic rings. The van der Waals surface area contributed by atoms with Gasteiger partial charge in [0.1, 0.15) is 17.7 Å². The lowest BCUT2D eigenvalue weighted by Crippen LogP contribution is -2.08. The van der Waals surface area contributed by atoms with Crippen molar-refractivity contribution in [3.8, 4) is 24.3 Å².